The molecule has 0 aliphatic carbocycles. The first-order valence-corrected chi connectivity index (χ1v) is 13.0. The largest absolute Gasteiger partial charge is 0.490 e. The van der Waals surface area contributed by atoms with Gasteiger partial charge in [-0.15, -0.1) is 0 Å². The second kappa shape index (κ2) is 11.4. The average Bonchev–Trinajstić information content (AvgIpc) is 3.17. The van der Waals surface area contributed by atoms with Gasteiger partial charge in [-0.2, -0.15) is 0 Å². The van der Waals surface area contributed by atoms with Crippen molar-refractivity contribution >= 4 is 23.4 Å². The van der Waals surface area contributed by atoms with Gasteiger partial charge in [-0.25, -0.2) is 9.79 Å². The van der Waals surface area contributed by atoms with Crippen molar-refractivity contribution in [2.75, 3.05) is 19.8 Å². The number of aromatic nitrogens is 1. The van der Waals surface area contributed by atoms with E-state index in [0.29, 0.717) is 45.3 Å². The molecule has 3 aromatic rings. The monoisotopic (exact) mass is 518 g/mol. The molecule has 0 N–H and O–H groups in total. The molecule has 0 amide bonds. The number of rotatable bonds is 9. The van der Waals surface area contributed by atoms with Crippen molar-refractivity contribution in [3.8, 4) is 11.5 Å². The Morgan fingerprint density at radius 1 is 1.08 bits per heavy atom. The van der Waals surface area contributed by atoms with Crippen LogP contribution < -0.4 is 24.4 Å². The molecule has 0 saturated carbocycles. The molecule has 1 unspecified atom stereocenters. The predicted octanol–water partition coefficient (Wildman–Crippen LogP) is 4.07. The fraction of sp³-hybridized carbons (Fsp3) is 0.276. The summed E-state index contributed by atoms with van der Waals surface area (Å²) in [5, 5.41) is 0. The van der Waals surface area contributed by atoms with Crippen LogP contribution in [0.25, 0.3) is 6.08 Å². The lowest BCUT2D eigenvalue weighted by molar-refractivity contribution is -0.139. The lowest BCUT2D eigenvalue weighted by Gasteiger charge is -2.24. The molecule has 1 aliphatic rings. The molecule has 4 rings (SSSR count). The standard InChI is InChI=1S/C29H30N2O5S/c1-6-15-36-22-14-11-20(16-23(22)34-7-2)17-24-27(32)31-26(21-12-9-18(4)10-13-21)25(28(33)35-8-3)19(5)30-29(31)37-24/h6,9-14,16-17,26H,1,7-8,15H2,2-5H3/b24-17-. The molecular weight excluding hydrogens is 488 g/mol. The Labute approximate surface area is 219 Å². The van der Waals surface area contributed by atoms with Gasteiger partial charge < -0.3 is 14.2 Å². The first-order valence-electron chi connectivity index (χ1n) is 12.1. The number of aryl methyl sites for hydroxylation is 1. The first kappa shape index (κ1) is 26.2. The molecule has 0 fully saturated rings. The SMILES string of the molecule is C=CCOc1ccc(/C=c2\sc3n(c2=O)C(c2ccc(C)cc2)C(C(=O)OCC)=C(C)N=3)cc1OCC. The minimum atomic E-state index is -0.633. The minimum absolute atomic E-state index is 0.228. The maximum Gasteiger partial charge on any atom is 0.338 e. The Morgan fingerprint density at radius 2 is 1.84 bits per heavy atom. The molecule has 7 nitrogen and oxygen atoms in total. The van der Waals surface area contributed by atoms with Gasteiger partial charge in [0.05, 0.1) is 35.1 Å². The van der Waals surface area contributed by atoms with E-state index in [4.69, 9.17) is 14.2 Å². The molecule has 1 aliphatic heterocycles. The topological polar surface area (TPSA) is 79.1 Å². The third kappa shape index (κ3) is 5.44. The molecule has 37 heavy (non-hydrogen) atoms. The van der Waals surface area contributed by atoms with E-state index in [1.165, 1.54) is 11.3 Å². The number of esters is 1. The van der Waals surface area contributed by atoms with Crippen LogP contribution in [0.5, 0.6) is 11.5 Å². The lowest BCUT2D eigenvalue weighted by Crippen LogP contribution is -2.39. The molecule has 2 heterocycles. The highest BCUT2D eigenvalue weighted by Gasteiger charge is 2.33. The van der Waals surface area contributed by atoms with Gasteiger partial charge in [0.25, 0.3) is 5.56 Å². The van der Waals surface area contributed by atoms with Gasteiger partial charge in [-0.05, 0) is 57.0 Å². The van der Waals surface area contributed by atoms with Crippen LogP contribution in [0.2, 0.25) is 0 Å². The van der Waals surface area contributed by atoms with E-state index in [-0.39, 0.29) is 12.2 Å². The van der Waals surface area contributed by atoms with Crippen LogP contribution in [-0.4, -0.2) is 30.4 Å². The van der Waals surface area contributed by atoms with Crippen molar-refractivity contribution < 1.29 is 19.0 Å². The summed E-state index contributed by atoms with van der Waals surface area (Å²) in [6.45, 7) is 12.2. The van der Waals surface area contributed by atoms with Crippen molar-refractivity contribution in [3.63, 3.8) is 0 Å². The smallest absolute Gasteiger partial charge is 0.338 e. The number of hydrogen-bond acceptors (Lipinski definition) is 7. The van der Waals surface area contributed by atoms with Crippen LogP contribution in [0, 0.1) is 6.92 Å². The molecule has 8 heteroatoms. The minimum Gasteiger partial charge on any atom is -0.490 e. The van der Waals surface area contributed by atoms with Crippen molar-refractivity contribution in [2.45, 2.75) is 33.7 Å². The molecule has 192 valence electrons. The molecule has 1 aromatic heterocycles. The number of allylic oxidation sites excluding steroid dienone is 1. The third-order valence-electron chi connectivity index (χ3n) is 5.83. The van der Waals surface area contributed by atoms with Gasteiger partial charge in [-0.1, -0.05) is 59.9 Å². The molecule has 0 spiro atoms. The molecule has 0 saturated heterocycles. The first-order chi connectivity index (χ1) is 17.9. The molecule has 1 atom stereocenters. The van der Waals surface area contributed by atoms with Crippen molar-refractivity contribution in [2.24, 2.45) is 4.99 Å². The summed E-state index contributed by atoms with van der Waals surface area (Å²) in [5.74, 6) is 0.721. The highest BCUT2D eigenvalue weighted by molar-refractivity contribution is 7.07. The summed E-state index contributed by atoms with van der Waals surface area (Å²) in [6, 6.07) is 12.7. The number of benzene rings is 2. The van der Waals surface area contributed by atoms with Gasteiger partial charge >= 0.3 is 5.97 Å². The number of ether oxygens (including phenoxy) is 3. The van der Waals surface area contributed by atoms with E-state index < -0.39 is 12.0 Å². The molecule has 0 radical (unpaired) electrons. The summed E-state index contributed by atoms with van der Waals surface area (Å²) in [6.07, 6.45) is 3.47. The Balaban J connectivity index is 1.87. The van der Waals surface area contributed by atoms with Crippen LogP contribution >= 0.6 is 11.3 Å². The van der Waals surface area contributed by atoms with E-state index in [0.717, 1.165) is 16.7 Å². The Kier molecular flexibility index (Phi) is 8.08. The predicted molar refractivity (Wildman–Crippen MR) is 145 cm³/mol. The number of fused-ring (bicyclic) bond motifs is 1. The van der Waals surface area contributed by atoms with E-state index in [2.05, 4.69) is 11.6 Å². The summed E-state index contributed by atoms with van der Waals surface area (Å²) in [7, 11) is 0. The van der Waals surface area contributed by atoms with Crippen LogP contribution in [0.1, 0.15) is 43.5 Å². The molecule has 2 aromatic carbocycles. The maximum atomic E-state index is 13.8. The van der Waals surface area contributed by atoms with Gasteiger partial charge in [0, 0.05) is 0 Å². The maximum absolute atomic E-state index is 13.8. The number of thiazole rings is 1. The second-order valence-corrected chi connectivity index (χ2v) is 9.46. The number of carbonyl (C=O) groups excluding carboxylic acids is 1. The summed E-state index contributed by atoms with van der Waals surface area (Å²) in [5.41, 5.74) is 3.37. The number of nitrogens with zero attached hydrogens (tertiary/aromatic N) is 2. The van der Waals surface area contributed by atoms with Gasteiger partial charge in [0.2, 0.25) is 0 Å². The number of hydrogen-bond donors (Lipinski definition) is 0. The lowest BCUT2D eigenvalue weighted by atomic mass is 9.95. The van der Waals surface area contributed by atoms with Crippen LogP contribution in [0.3, 0.4) is 0 Å². The Morgan fingerprint density at radius 3 is 2.51 bits per heavy atom. The molecule has 0 bridgehead atoms. The van der Waals surface area contributed by atoms with Gasteiger partial charge in [-0.3, -0.25) is 9.36 Å². The zero-order valence-corrected chi connectivity index (χ0v) is 22.3. The second-order valence-electron chi connectivity index (χ2n) is 8.45. The number of carbonyl (C=O) groups is 1. The van der Waals surface area contributed by atoms with E-state index >= 15 is 0 Å². The highest BCUT2D eigenvalue weighted by atomic mass is 32.1. The molecular formula is C29H30N2O5S. The average molecular weight is 519 g/mol. The van der Waals surface area contributed by atoms with Gasteiger partial charge in [0.15, 0.2) is 16.3 Å². The van der Waals surface area contributed by atoms with E-state index in [9.17, 15) is 9.59 Å². The van der Waals surface area contributed by atoms with Crippen LogP contribution in [0.15, 0.2) is 76.2 Å². The van der Waals surface area contributed by atoms with Crippen LogP contribution in [-0.2, 0) is 9.53 Å². The van der Waals surface area contributed by atoms with Crippen LogP contribution in [0.4, 0.5) is 0 Å². The fourth-order valence-corrected chi connectivity index (χ4v) is 5.20. The zero-order valence-electron chi connectivity index (χ0n) is 21.4. The summed E-state index contributed by atoms with van der Waals surface area (Å²) < 4.78 is 18.9. The normalized spacial score (nSPS) is 15.1. The summed E-state index contributed by atoms with van der Waals surface area (Å²) >= 11 is 1.28. The highest BCUT2D eigenvalue weighted by Crippen LogP contribution is 2.31. The Hall–Kier alpha value is -3.91. The van der Waals surface area contributed by atoms with E-state index in [1.807, 2.05) is 56.3 Å². The zero-order chi connectivity index (χ0) is 26.5. The van der Waals surface area contributed by atoms with Crippen molar-refractivity contribution in [1.82, 2.24) is 4.57 Å². The quantitative estimate of drug-likeness (QED) is 0.315. The third-order valence-corrected chi connectivity index (χ3v) is 6.82. The Bertz CT molecular complexity index is 1530. The summed E-state index contributed by atoms with van der Waals surface area (Å²) in [4.78, 5) is 31.9. The fourth-order valence-electron chi connectivity index (χ4n) is 4.16. The van der Waals surface area contributed by atoms with Gasteiger partial charge in [0.1, 0.15) is 6.61 Å². The van der Waals surface area contributed by atoms with Crippen molar-refractivity contribution in [1.29, 1.82) is 0 Å². The van der Waals surface area contributed by atoms with Crippen molar-refractivity contribution in [3.05, 3.63) is 103 Å². The van der Waals surface area contributed by atoms with E-state index in [1.54, 1.807) is 30.6 Å².